The van der Waals surface area contributed by atoms with E-state index in [1.54, 1.807) is 18.7 Å². The first-order valence-electron chi connectivity index (χ1n) is 10.8. The third-order valence-corrected chi connectivity index (χ3v) is 6.04. The molecule has 2 N–H and O–H groups in total. The first-order chi connectivity index (χ1) is 15.2. The number of aryl methyl sites for hydroxylation is 1. The normalized spacial score (nSPS) is 15.9. The standard InChI is InChI=1S/C24H32N4O4/c1-15-20(24(31)32-5)16(2)26-21(15)23(30)28-12-6-7-18(14-28)22(29)25-13-17-8-10-19(11-9-17)27(3)4/h8-11,18,26H,6-7,12-14H2,1-5H3,(H,25,29)/t18-/m0/s1. The first kappa shape index (κ1) is 23.4. The Bertz CT molecular complexity index is 994. The van der Waals surface area contributed by atoms with Crippen LogP contribution in [-0.2, 0) is 16.1 Å². The number of hydrogen-bond donors (Lipinski definition) is 2. The molecule has 1 aromatic carbocycles. The lowest BCUT2D eigenvalue weighted by atomic mass is 9.96. The number of carbonyl (C=O) groups excluding carboxylic acids is 3. The van der Waals surface area contributed by atoms with Gasteiger partial charge in [-0.15, -0.1) is 0 Å². The van der Waals surface area contributed by atoms with Gasteiger partial charge in [0.25, 0.3) is 5.91 Å². The molecule has 172 valence electrons. The average Bonchev–Trinajstić information content (AvgIpc) is 3.10. The second-order valence-electron chi connectivity index (χ2n) is 8.49. The molecule has 2 heterocycles. The van der Waals surface area contributed by atoms with Crippen LogP contribution < -0.4 is 10.2 Å². The number of rotatable bonds is 6. The lowest BCUT2D eigenvalue weighted by Gasteiger charge is -2.32. The predicted octanol–water partition coefficient (Wildman–Crippen LogP) is 2.65. The van der Waals surface area contributed by atoms with E-state index in [0.29, 0.717) is 42.1 Å². The minimum absolute atomic E-state index is 0.0474. The van der Waals surface area contributed by atoms with E-state index in [1.807, 2.05) is 43.3 Å². The van der Waals surface area contributed by atoms with E-state index in [1.165, 1.54) is 7.11 Å². The Kier molecular flexibility index (Phi) is 7.22. The smallest absolute Gasteiger partial charge is 0.339 e. The molecule has 2 amide bonds. The number of methoxy groups -OCH3 is 1. The van der Waals surface area contributed by atoms with Gasteiger partial charge >= 0.3 is 5.97 Å². The second kappa shape index (κ2) is 9.89. The van der Waals surface area contributed by atoms with Crippen molar-refractivity contribution in [2.24, 2.45) is 5.92 Å². The van der Waals surface area contributed by atoms with Crippen LogP contribution in [0.25, 0.3) is 0 Å². The van der Waals surface area contributed by atoms with Crippen molar-refractivity contribution in [1.82, 2.24) is 15.2 Å². The number of amides is 2. The molecule has 1 aliphatic heterocycles. The highest BCUT2D eigenvalue weighted by Crippen LogP contribution is 2.24. The van der Waals surface area contributed by atoms with E-state index in [9.17, 15) is 14.4 Å². The molecule has 0 saturated carbocycles. The molecule has 1 saturated heterocycles. The molecule has 2 aromatic rings. The fourth-order valence-corrected chi connectivity index (χ4v) is 4.15. The van der Waals surface area contributed by atoms with Crippen LogP contribution in [0.4, 0.5) is 5.69 Å². The van der Waals surface area contributed by atoms with Gasteiger partial charge < -0.3 is 24.8 Å². The molecule has 1 atom stereocenters. The zero-order valence-electron chi connectivity index (χ0n) is 19.4. The number of esters is 1. The van der Waals surface area contributed by atoms with Crippen LogP contribution in [-0.4, -0.2) is 62.0 Å². The van der Waals surface area contributed by atoms with Crippen molar-refractivity contribution in [3.63, 3.8) is 0 Å². The minimum atomic E-state index is -0.468. The van der Waals surface area contributed by atoms with Crippen LogP contribution in [0.1, 0.15) is 50.5 Å². The Hall–Kier alpha value is -3.29. The van der Waals surface area contributed by atoms with E-state index >= 15 is 0 Å². The average molecular weight is 441 g/mol. The maximum Gasteiger partial charge on any atom is 0.339 e. The number of nitrogens with zero attached hydrogens (tertiary/aromatic N) is 2. The van der Waals surface area contributed by atoms with Gasteiger partial charge in [-0.2, -0.15) is 0 Å². The van der Waals surface area contributed by atoms with E-state index in [4.69, 9.17) is 4.74 Å². The van der Waals surface area contributed by atoms with Crippen LogP contribution in [0.3, 0.4) is 0 Å². The quantitative estimate of drug-likeness (QED) is 0.674. The van der Waals surface area contributed by atoms with Gasteiger partial charge in [0, 0.05) is 45.1 Å². The van der Waals surface area contributed by atoms with Gasteiger partial charge in [0.15, 0.2) is 0 Å². The maximum atomic E-state index is 13.1. The van der Waals surface area contributed by atoms with Crippen LogP contribution >= 0.6 is 0 Å². The Morgan fingerprint density at radius 1 is 1.19 bits per heavy atom. The Morgan fingerprint density at radius 3 is 2.50 bits per heavy atom. The molecular weight excluding hydrogens is 408 g/mol. The van der Waals surface area contributed by atoms with Crippen molar-refractivity contribution in [3.8, 4) is 0 Å². The summed E-state index contributed by atoms with van der Waals surface area (Å²) in [4.78, 5) is 44.7. The van der Waals surface area contributed by atoms with Crippen molar-refractivity contribution in [3.05, 3.63) is 52.3 Å². The summed E-state index contributed by atoms with van der Waals surface area (Å²) >= 11 is 0. The molecule has 8 heteroatoms. The lowest BCUT2D eigenvalue weighted by Crippen LogP contribution is -2.45. The minimum Gasteiger partial charge on any atom is -0.465 e. The molecule has 0 aliphatic carbocycles. The van der Waals surface area contributed by atoms with Crippen LogP contribution in [0, 0.1) is 19.8 Å². The summed E-state index contributed by atoms with van der Waals surface area (Å²) in [5.74, 6) is -0.971. The first-order valence-corrected chi connectivity index (χ1v) is 10.8. The number of aromatic amines is 1. The third kappa shape index (κ3) is 4.95. The highest BCUT2D eigenvalue weighted by molar-refractivity contribution is 6.00. The second-order valence-corrected chi connectivity index (χ2v) is 8.49. The molecule has 0 bridgehead atoms. The van der Waals surface area contributed by atoms with E-state index in [2.05, 4.69) is 10.3 Å². The van der Waals surface area contributed by atoms with Crippen molar-refractivity contribution < 1.29 is 19.1 Å². The topological polar surface area (TPSA) is 94.7 Å². The number of ether oxygens (including phenoxy) is 1. The number of benzene rings is 1. The summed E-state index contributed by atoms with van der Waals surface area (Å²) in [7, 11) is 5.29. The number of carbonyl (C=O) groups is 3. The summed E-state index contributed by atoms with van der Waals surface area (Å²) in [5, 5.41) is 3.00. The van der Waals surface area contributed by atoms with E-state index in [-0.39, 0.29) is 17.7 Å². The fraction of sp³-hybridized carbons (Fsp3) is 0.458. The number of aromatic nitrogens is 1. The summed E-state index contributed by atoms with van der Waals surface area (Å²) in [6, 6.07) is 8.04. The number of nitrogens with one attached hydrogen (secondary N) is 2. The number of piperidine rings is 1. The maximum absolute atomic E-state index is 13.1. The monoisotopic (exact) mass is 440 g/mol. The third-order valence-electron chi connectivity index (χ3n) is 6.04. The zero-order valence-corrected chi connectivity index (χ0v) is 19.4. The van der Waals surface area contributed by atoms with Crippen molar-refractivity contribution in [1.29, 1.82) is 0 Å². The van der Waals surface area contributed by atoms with Crippen molar-refractivity contribution in [2.75, 3.05) is 39.2 Å². The van der Waals surface area contributed by atoms with Crippen molar-refractivity contribution in [2.45, 2.75) is 33.2 Å². The van der Waals surface area contributed by atoms with Gasteiger partial charge in [0.05, 0.1) is 18.6 Å². The van der Waals surface area contributed by atoms with Crippen LogP contribution in [0.5, 0.6) is 0 Å². The Morgan fingerprint density at radius 2 is 1.88 bits per heavy atom. The lowest BCUT2D eigenvalue weighted by molar-refractivity contribution is -0.126. The summed E-state index contributed by atoms with van der Waals surface area (Å²) < 4.78 is 4.83. The van der Waals surface area contributed by atoms with Crippen LogP contribution in [0.15, 0.2) is 24.3 Å². The largest absolute Gasteiger partial charge is 0.465 e. The number of hydrogen-bond acceptors (Lipinski definition) is 5. The van der Waals surface area contributed by atoms with E-state index < -0.39 is 5.97 Å². The molecule has 0 radical (unpaired) electrons. The molecule has 1 aromatic heterocycles. The highest BCUT2D eigenvalue weighted by Gasteiger charge is 2.31. The molecule has 32 heavy (non-hydrogen) atoms. The summed E-state index contributed by atoms with van der Waals surface area (Å²) in [5.41, 5.74) is 4.08. The SMILES string of the molecule is COC(=O)c1c(C)[nH]c(C(=O)N2CCC[C@H](C(=O)NCc3ccc(N(C)C)cc3)C2)c1C. The van der Waals surface area contributed by atoms with E-state index in [0.717, 1.165) is 24.1 Å². The number of anilines is 1. The molecule has 1 fully saturated rings. The van der Waals surface area contributed by atoms with Crippen LogP contribution in [0.2, 0.25) is 0 Å². The molecule has 0 spiro atoms. The zero-order chi connectivity index (χ0) is 23.4. The van der Waals surface area contributed by atoms with Crippen molar-refractivity contribution >= 4 is 23.5 Å². The molecule has 8 nitrogen and oxygen atoms in total. The van der Waals surface area contributed by atoms with Gasteiger partial charge in [-0.25, -0.2) is 4.79 Å². The Labute approximate surface area is 188 Å². The van der Waals surface area contributed by atoms with Gasteiger partial charge in [0.1, 0.15) is 5.69 Å². The number of H-pyrrole nitrogens is 1. The van der Waals surface area contributed by atoms with Gasteiger partial charge in [-0.3, -0.25) is 9.59 Å². The highest BCUT2D eigenvalue weighted by atomic mass is 16.5. The molecule has 0 unspecified atom stereocenters. The fourth-order valence-electron chi connectivity index (χ4n) is 4.15. The summed E-state index contributed by atoms with van der Waals surface area (Å²) in [6.07, 6.45) is 1.50. The molecule has 1 aliphatic rings. The molecular formula is C24H32N4O4. The predicted molar refractivity (Wildman–Crippen MR) is 123 cm³/mol. The van der Waals surface area contributed by atoms with Gasteiger partial charge in [0.2, 0.25) is 5.91 Å². The molecule has 3 rings (SSSR count). The van der Waals surface area contributed by atoms with Gasteiger partial charge in [-0.1, -0.05) is 12.1 Å². The summed E-state index contributed by atoms with van der Waals surface area (Å²) in [6.45, 7) is 4.87. The number of likely N-dealkylation sites (tertiary alicyclic amines) is 1. The van der Waals surface area contributed by atoms with Gasteiger partial charge in [-0.05, 0) is 49.9 Å². The Balaban J connectivity index is 1.63.